The Hall–Kier alpha value is -3.68. The number of hydrogen-bond donors (Lipinski definition) is 3. The number of halogens is 1. The van der Waals surface area contributed by atoms with Crippen molar-refractivity contribution in [3.05, 3.63) is 77.7 Å². The van der Waals surface area contributed by atoms with Crippen LogP contribution in [0.2, 0.25) is 0 Å². The molecule has 8 heteroatoms. The van der Waals surface area contributed by atoms with E-state index in [1.165, 1.54) is 12.1 Å². The van der Waals surface area contributed by atoms with Crippen molar-refractivity contribution in [3.8, 4) is 5.75 Å². The standard InChI is InChI=1S/C24H28FN5O2/c1-18-17-22(30-24(29-18)28-13-11-19-7-9-20(25)10-8-19)26-14-12-23(31)27-15-16-32-21-5-3-2-4-6-21/h2-10,17H,11-16H2,1H3,(H,27,31)(H2,26,28,29,30). The molecular formula is C24H28FN5O2. The third-order valence-corrected chi connectivity index (χ3v) is 4.56. The van der Waals surface area contributed by atoms with Crippen molar-refractivity contribution >= 4 is 17.7 Å². The summed E-state index contributed by atoms with van der Waals surface area (Å²) in [6.45, 7) is 3.83. The normalized spacial score (nSPS) is 10.4. The van der Waals surface area contributed by atoms with Crippen molar-refractivity contribution in [3.63, 3.8) is 0 Å². The predicted molar refractivity (Wildman–Crippen MR) is 123 cm³/mol. The molecule has 0 radical (unpaired) electrons. The zero-order chi connectivity index (χ0) is 22.6. The summed E-state index contributed by atoms with van der Waals surface area (Å²) >= 11 is 0. The molecule has 7 nitrogen and oxygen atoms in total. The zero-order valence-electron chi connectivity index (χ0n) is 18.1. The minimum absolute atomic E-state index is 0.0578. The van der Waals surface area contributed by atoms with Crippen LogP contribution in [0.4, 0.5) is 16.2 Å². The second-order valence-electron chi connectivity index (χ2n) is 7.21. The van der Waals surface area contributed by atoms with E-state index in [-0.39, 0.29) is 11.7 Å². The van der Waals surface area contributed by atoms with Crippen molar-refractivity contribution in [1.82, 2.24) is 15.3 Å². The van der Waals surface area contributed by atoms with Gasteiger partial charge in [0.1, 0.15) is 24.0 Å². The monoisotopic (exact) mass is 437 g/mol. The maximum Gasteiger partial charge on any atom is 0.224 e. The Morgan fingerprint density at radius 2 is 1.75 bits per heavy atom. The van der Waals surface area contributed by atoms with Gasteiger partial charge in [0.15, 0.2) is 0 Å². The van der Waals surface area contributed by atoms with E-state index in [4.69, 9.17) is 4.74 Å². The fourth-order valence-corrected chi connectivity index (χ4v) is 2.98. The minimum Gasteiger partial charge on any atom is -0.492 e. The third-order valence-electron chi connectivity index (χ3n) is 4.56. The van der Waals surface area contributed by atoms with Gasteiger partial charge in [0.2, 0.25) is 11.9 Å². The molecule has 0 aliphatic heterocycles. The van der Waals surface area contributed by atoms with Crippen molar-refractivity contribution in [2.24, 2.45) is 0 Å². The quantitative estimate of drug-likeness (QED) is 0.376. The fourth-order valence-electron chi connectivity index (χ4n) is 2.98. The van der Waals surface area contributed by atoms with Crippen molar-refractivity contribution < 1.29 is 13.9 Å². The number of benzene rings is 2. The lowest BCUT2D eigenvalue weighted by Gasteiger charge is -2.11. The molecule has 2 aromatic carbocycles. The minimum atomic E-state index is -0.242. The number of hydrogen-bond acceptors (Lipinski definition) is 6. The number of nitrogens with zero attached hydrogens (tertiary/aromatic N) is 2. The Balaban J connectivity index is 1.34. The van der Waals surface area contributed by atoms with Crippen molar-refractivity contribution in [2.45, 2.75) is 19.8 Å². The summed E-state index contributed by atoms with van der Waals surface area (Å²) in [6.07, 6.45) is 1.05. The van der Waals surface area contributed by atoms with Gasteiger partial charge in [-0.05, 0) is 43.2 Å². The molecule has 0 fully saturated rings. The molecular weight excluding hydrogens is 409 g/mol. The predicted octanol–water partition coefficient (Wildman–Crippen LogP) is 3.58. The topological polar surface area (TPSA) is 88.2 Å². The molecule has 1 aromatic heterocycles. The van der Waals surface area contributed by atoms with E-state index in [0.29, 0.717) is 44.4 Å². The zero-order valence-corrected chi connectivity index (χ0v) is 18.1. The van der Waals surface area contributed by atoms with Crippen molar-refractivity contribution in [2.75, 3.05) is 36.9 Å². The van der Waals surface area contributed by atoms with Crippen LogP contribution in [0.15, 0.2) is 60.7 Å². The molecule has 1 amide bonds. The number of rotatable bonds is 12. The molecule has 0 saturated carbocycles. The lowest BCUT2D eigenvalue weighted by Crippen LogP contribution is -2.29. The number of carbonyl (C=O) groups excluding carboxylic acids is 1. The summed E-state index contributed by atoms with van der Waals surface area (Å²) in [5, 5.41) is 9.19. The van der Waals surface area contributed by atoms with Crippen LogP contribution in [0.25, 0.3) is 0 Å². The van der Waals surface area contributed by atoms with E-state index in [2.05, 4.69) is 25.9 Å². The number of anilines is 2. The summed E-state index contributed by atoms with van der Waals surface area (Å²) in [6, 6.07) is 17.7. The van der Waals surface area contributed by atoms with E-state index in [1.54, 1.807) is 12.1 Å². The summed E-state index contributed by atoms with van der Waals surface area (Å²) in [4.78, 5) is 20.8. The van der Waals surface area contributed by atoms with Crippen LogP contribution in [0.5, 0.6) is 5.75 Å². The fraction of sp³-hybridized carbons (Fsp3) is 0.292. The molecule has 3 aromatic rings. The van der Waals surface area contributed by atoms with Crippen LogP contribution in [0.3, 0.4) is 0 Å². The highest BCUT2D eigenvalue weighted by atomic mass is 19.1. The maximum absolute atomic E-state index is 13.0. The number of carbonyl (C=O) groups is 1. The molecule has 3 rings (SSSR count). The van der Waals surface area contributed by atoms with Gasteiger partial charge in [0.25, 0.3) is 0 Å². The number of aryl methyl sites for hydroxylation is 1. The van der Waals surface area contributed by atoms with Gasteiger partial charge in [-0.2, -0.15) is 4.98 Å². The lowest BCUT2D eigenvalue weighted by atomic mass is 10.1. The van der Waals surface area contributed by atoms with Crippen molar-refractivity contribution in [1.29, 1.82) is 0 Å². The molecule has 0 bridgehead atoms. The van der Waals surface area contributed by atoms with Gasteiger partial charge in [-0.3, -0.25) is 4.79 Å². The molecule has 0 unspecified atom stereocenters. The van der Waals surface area contributed by atoms with E-state index in [1.807, 2.05) is 43.3 Å². The first-order valence-electron chi connectivity index (χ1n) is 10.6. The third kappa shape index (κ3) is 8.22. The highest BCUT2D eigenvalue weighted by Gasteiger charge is 2.05. The molecule has 0 atom stereocenters. The Morgan fingerprint density at radius 3 is 2.53 bits per heavy atom. The second kappa shape index (κ2) is 12.2. The summed E-state index contributed by atoms with van der Waals surface area (Å²) in [7, 11) is 0. The molecule has 0 saturated heterocycles. The van der Waals surface area contributed by atoms with Gasteiger partial charge in [0.05, 0.1) is 6.54 Å². The molecule has 1 heterocycles. The first-order chi connectivity index (χ1) is 15.6. The van der Waals surface area contributed by atoms with Crippen LogP contribution in [-0.4, -0.2) is 42.1 Å². The Bertz CT molecular complexity index is 983. The molecule has 0 aliphatic carbocycles. The Kier molecular flexibility index (Phi) is 8.80. The van der Waals surface area contributed by atoms with Gasteiger partial charge < -0.3 is 20.7 Å². The van der Waals surface area contributed by atoms with Gasteiger partial charge in [0, 0.05) is 31.3 Å². The SMILES string of the molecule is Cc1cc(NCCC(=O)NCCOc2ccccc2)nc(NCCc2ccc(F)cc2)n1. The Morgan fingerprint density at radius 1 is 0.969 bits per heavy atom. The summed E-state index contributed by atoms with van der Waals surface area (Å²) in [5.41, 5.74) is 1.85. The van der Waals surface area contributed by atoms with E-state index in [0.717, 1.165) is 23.4 Å². The second-order valence-corrected chi connectivity index (χ2v) is 7.21. The van der Waals surface area contributed by atoms with Crippen LogP contribution in [0, 0.1) is 12.7 Å². The van der Waals surface area contributed by atoms with Gasteiger partial charge in [-0.15, -0.1) is 0 Å². The highest BCUT2D eigenvalue weighted by molar-refractivity contribution is 5.76. The summed E-state index contributed by atoms with van der Waals surface area (Å²) in [5.74, 6) is 1.65. The van der Waals surface area contributed by atoms with Crippen LogP contribution in [0.1, 0.15) is 17.7 Å². The van der Waals surface area contributed by atoms with Gasteiger partial charge in [-0.25, -0.2) is 9.37 Å². The molecule has 0 spiro atoms. The summed E-state index contributed by atoms with van der Waals surface area (Å²) < 4.78 is 18.5. The first-order valence-corrected chi connectivity index (χ1v) is 10.6. The molecule has 32 heavy (non-hydrogen) atoms. The van der Waals surface area contributed by atoms with E-state index in [9.17, 15) is 9.18 Å². The number of amides is 1. The van der Waals surface area contributed by atoms with E-state index < -0.39 is 0 Å². The first kappa shape index (κ1) is 23.0. The number of ether oxygens (including phenoxy) is 1. The average molecular weight is 438 g/mol. The molecule has 168 valence electrons. The number of aromatic nitrogens is 2. The van der Waals surface area contributed by atoms with Crippen LogP contribution < -0.4 is 20.7 Å². The lowest BCUT2D eigenvalue weighted by molar-refractivity contribution is -0.120. The number of nitrogens with one attached hydrogen (secondary N) is 3. The number of para-hydroxylation sites is 1. The van der Waals surface area contributed by atoms with Gasteiger partial charge >= 0.3 is 0 Å². The largest absolute Gasteiger partial charge is 0.492 e. The van der Waals surface area contributed by atoms with Crippen LogP contribution >= 0.6 is 0 Å². The Labute approximate surface area is 187 Å². The van der Waals surface area contributed by atoms with E-state index >= 15 is 0 Å². The average Bonchev–Trinajstić information content (AvgIpc) is 2.78. The molecule has 0 aliphatic rings. The maximum atomic E-state index is 13.0. The highest BCUT2D eigenvalue weighted by Crippen LogP contribution is 2.11. The smallest absolute Gasteiger partial charge is 0.224 e. The van der Waals surface area contributed by atoms with Gasteiger partial charge in [-0.1, -0.05) is 30.3 Å². The van der Waals surface area contributed by atoms with Crippen LogP contribution in [-0.2, 0) is 11.2 Å². The molecule has 3 N–H and O–H groups in total.